The summed E-state index contributed by atoms with van der Waals surface area (Å²) in [6.07, 6.45) is 3.69. The van der Waals surface area contributed by atoms with Gasteiger partial charge in [0.1, 0.15) is 5.69 Å². The number of carboxylic acid groups (broad SMARTS) is 1. The first kappa shape index (κ1) is 24.1. The normalized spacial score (nSPS) is 11.9. The fourth-order valence-corrected chi connectivity index (χ4v) is 3.67. The van der Waals surface area contributed by atoms with Crippen LogP contribution in [0.4, 0.5) is 0 Å². The Morgan fingerprint density at radius 1 is 1.00 bits per heavy atom. The van der Waals surface area contributed by atoms with Gasteiger partial charge < -0.3 is 9.84 Å². The highest BCUT2D eigenvalue weighted by atomic mass is 16.5. The van der Waals surface area contributed by atoms with E-state index in [4.69, 9.17) is 14.9 Å². The van der Waals surface area contributed by atoms with Crippen molar-refractivity contribution in [2.75, 3.05) is 6.61 Å². The van der Waals surface area contributed by atoms with Gasteiger partial charge in [0.15, 0.2) is 5.60 Å². The van der Waals surface area contributed by atoms with E-state index in [9.17, 15) is 9.59 Å². The van der Waals surface area contributed by atoms with Crippen molar-refractivity contribution >= 4 is 28.7 Å². The summed E-state index contributed by atoms with van der Waals surface area (Å²) in [6, 6.07) is 23.3. The van der Waals surface area contributed by atoms with E-state index in [1.165, 1.54) is 13.8 Å². The average molecular weight is 469 g/mol. The second-order valence-electron chi connectivity index (χ2n) is 8.99. The lowest BCUT2D eigenvalue weighted by atomic mass is 10.0. The number of fused-ring (bicyclic) bond motifs is 1. The topological polar surface area (TPSA) is 81.4 Å². The number of carbonyl (C=O) groups is 2. The van der Waals surface area contributed by atoms with Gasteiger partial charge in [-0.25, -0.2) is 4.79 Å². The number of aromatic nitrogens is 2. The Hall–Kier alpha value is -4.03. The van der Waals surface area contributed by atoms with Crippen molar-refractivity contribution in [2.24, 2.45) is 0 Å². The quantitative estimate of drug-likeness (QED) is 0.327. The van der Waals surface area contributed by atoms with Crippen LogP contribution in [0.1, 0.15) is 46.6 Å². The third-order valence-electron chi connectivity index (χ3n) is 5.86. The highest BCUT2D eigenvalue weighted by molar-refractivity contribution is 6.14. The highest BCUT2D eigenvalue weighted by Gasteiger charge is 2.27. The molecule has 0 saturated carbocycles. The zero-order valence-electron chi connectivity index (χ0n) is 20.1. The summed E-state index contributed by atoms with van der Waals surface area (Å²) in [5.41, 5.74) is 3.89. The number of carbonyl (C=O) groups excluding carboxylic acids is 1. The number of rotatable bonds is 9. The number of benzene rings is 3. The summed E-state index contributed by atoms with van der Waals surface area (Å²) < 4.78 is 7.25. The van der Waals surface area contributed by atoms with E-state index in [0.29, 0.717) is 17.8 Å². The Kier molecular flexibility index (Phi) is 6.94. The summed E-state index contributed by atoms with van der Waals surface area (Å²) in [7, 11) is 0. The molecule has 0 atom stereocenters. The minimum Gasteiger partial charge on any atom is -0.479 e. The maximum Gasteiger partial charge on any atom is 0.335 e. The fourth-order valence-electron chi connectivity index (χ4n) is 3.67. The molecule has 35 heavy (non-hydrogen) atoms. The van der Waals surface area contributed by atoms with Crippen molar-refractivity contribution in [1.82, 2.24) is 9.78 Å². The van der Waals surface area contributed by atoms with Crippen LogP contribution in [0.2, 0.25) is 0 Å². The first-order valence-electron chi connectivity index (χ1n) is 11.4. The number of ether oxygens (including phenoxy) is 1. The van der Waals surface area contributed by atoms with Crippen LogP contribution in [0.5, 0.6) is 0 Å². The van der Waals surface area contributed by atoms with Crippen LogP contribution in [0.15, 0.2) is 78.9 Å². The molecule has 0 fully saturated rings. The smallest absolute Gasteiger partial charge is 0.335 e. The number of para-hydroxylation sites is 1. The Balaban J connectivity index is 1.50. The predicted octanol–water partition coefficient (Wildman–Crippen LogP) is 5.52. The lowest BCUT2D eigenvalue weighted by molar-refractivity contribution is -0.159. The molecule has 0 spiro atoms. The van der Waals surface area contributed by atoms with E-state index in [2.05, 4.69) is 0 Å². The summed E-state index contributed by atoms with van der Waals surface area (Å²) in [5.74, 6) is -1.08. The van der Waals surface area contributed by atoms with Gasteiger partial charge in [-0.2, -0.15) is 5.10 Å². The number of aryl methyl sites for hydroxylation is 1. The van der Waals surface area contributed by atoms with Crippen LogP contribution < -0.4 is 0 Å². The van der Waals surface area contributed by atoms with E-state index < -0.39 is 11.6 Å². The van der Waals surface area contributed by atoms with E-state index in [-0.39, 0.29) is 12.4 Å². The Bertz CT molecular complexity index is 1380. The van der Waals surface area contributed by atoms with E-state index in [0.717, 1.165) is 27.6 Å². The van der Waals surface area contributed by atoms with Crippen LogP contribution >= 0.6 is 0 Å². The molecule has 0 amide bonds. The van der Waals surface area contributed by atoms with Gasteiger partial charge in [-0.05, 0) is 38.0 Å². The van der Waals surface area contributed by atoms with Crippen LogP contribution in [0.25, 0.3) is 17.0 Å². The number of hydrogen-bond donors (Lipinski definition) is 1. The van der Waals surface area contributed by atoms with E-state index in [1.54, 1.807) is 6.08 Å². The van der Waals surface area contributed by atoms with E-state index in [1.807, 2.05) is 90.5 Å². The molecule has 1 heterocycles. The number of nitrogens with zero attached hydrogens (tertiary/aromatic N) is 2. The molecule has 0 aliphatic heterocycles. The minimum atomic E-state index is -1.22. The molecule has 0 bridgehead atoms. The van der Waals surface area contributed by atoms with Crippen molar-refractivity contribution in [2.45, 2.75) is 32.9 Å². The molecular formula is C29H28N2O4. The summed E-state index contributed by atoms with van der Waals surface area (Å²) >= 11 is 0. The maximum atomic E-state index is 13.2. The molecule has 4 aromatic rings. The first-order chi connectivity index (χ1) is 16.7. The highest BCUT2D eigenvalue weighted by Crippen LogP contribution is 2.22. The van der Waals surface area contributed by atoms with Crippen molar-refractivity contribution in [3.05, 3.63) is 107 Å². The lowest BCUT2D eigenvalue weighted by Gasteiger charge is -2.18. The zero-order valence-corrected chi connectivity index (χ0v) is 20.1. The molecule has 0 saturated heterocycles. The molecule has 6 heteroatoms. The van der Waals surface area contributed by atoms with Crippen molar-refractivity contribution in [3.63, 3.8) is 0 Å². The predicted molar refractivity (Wildman–Crippen MR) is 137 cm³/mol. The van der Waals surface area contributed by atoms with Crippen LogP contribution in [0.3, 0.4) is 0 Å². The van der Waals surface area contributed by atoms with Crippen LogP contribution in [-0.2, 0) is 16.1 Å². The van der Waals surface area contributed by atoms with Gasteiger partial charge in [0.25, 0.3) is 0 Å². The second kappa shape index (κ2) is 10.1. The summed E-state index contributed by atoms with van der Waals surface area (Å²) in [5, 5.41) is 14.6. The van der Waals surface area contributed by atoms with Crippen LogP contribution in [0, 0.1) is 6.92 Å². The number of ketones is 1. The Labute approximate surface area is 204 Å². The largest absolute Gasteiger partial charge is 0.479 e. The molecule has 1 N–H and O–H groups in total. The van der Waals surface area contributed by atoms with Crippen molar-refractivity contribution < 1.29 is 19.4 Å². The van der Waals surface area contributed by atoms with Gasteiger partial charge in [0.2, 0.25) is 5.78 Å². The fraction of sp³-hybridized carbons (Fsp3) is 0.207. The van der Waals surface area contributed by atoms with Crippen molar-refractivity contribution in [1.29, 1.82) is 0 Å². The molecule has 0 aliphatic rings. The van der Waals surface area contributed by atoms with Gasteiger partial charge in [-0.3, -0.25) is 9.48 Å². The van der Waals surface area contributed by atoms with Gasteiger partial charge in [-0.15, -0.1) is 0 Å². The van der Waals surface area contributed by atoms with Gasteiger partial charge in [-0.1, -0.05) is 84.4 Å². The molecule has 3 aromatic carbocycles. The van der Waals surface area contributed by atoms with Gasteiger partial charge in [0, 0.05) is 10.9 Å². The SMILES string of the molecule is Cc1ccc(C(=O)c2nn(Cc3ccc(/C=C/COC(C)(C)C(=O)O)cc3)c3ccccc23)cc1. The number of carboxylic acids is 1. The molecular weight excluding hydrogens is 440 g/mol. The van der Waals surface area contributed by atoms with Gasteiger partial charge >= 0.3 is 5.97 Å². The number of aliphatic carboxylic acids is 1. The third-order valence-corrected chi connectivity index (χ3v) is 5.86. The molecule has 0 aliphatic carbocycles. The minimum absolute atomic E-state index is 0.0891. The Morgan fingerprint density at radius 2 is 1.69 bits per heavy atom. The van der Waals surface area contributed by atoms with Gasteiger partial charge in [0.05, 0.1) is 18.7 Å². The molecule has 0 radical (unpaired) electrons. The molecule has 6 nitrogen and oxygen atoms in total. The van der Waals surface area contributed by atoms with E-state index >= 15 is 0 Å². The zero-order chi connectivity index (χ0) is 25.0. The Morgan fingerprint density at radius 3 is 2.37 bits per heavy atom. The molecule has 178 valence electrons. The van der Waals surface area contributed by atoms with Crippen LogP contribution in [-0.4, -0.2) is 38.8 Å². The molecule has 4 rings (SSSR count). The molecule has 0 unspecified atom stereocenters. The third kappa shape index (κ3) is 5.55. The maximum absolute atomic E-state index is 13.2. The monoisotopic (exact) mass is 468 g/mol. The average Bonchev–Trinajstić information content (AvgIpc) is 3.21. The summed E-state index contributed by atoms with van der Waals surface area (Å²) in [4.78, 5) is 24.3. The standard InChI is InChI=1S/C29H28N2O4/c1-20-10-16-23(17-11-20)27(32)26-24-8-4-5-9-25(24)31(30-26)19-22-14-12-21(13-15-22)7-6-18-35-29(2,3)28(33)34/h4-17H,18-19H2,1-3H3,(H,33,34)/b7-6+. The number of hydrogen-bond acceptors (Lipinski definition) is 4. The first-order valence-corrected chi connectivity index (χ1v) is 11.4. The lowest BCUT2D eigenvalue weighted by Crippen LogP contribution is -2.34. The molecule has 1 aromatic heterocycles. The van der Waals surface area contributed by atoms with Crippen molar-refractivity contribution in [3.8, 4) is 0 Å². The second-order valence-corrected chi connectivity index (χ2v) is 8.99. The summed E-state index contributed by atoms with van der Waals surface area (Å²) in [6.45, 7) is 5.78.